The minimum Gasteiger partial charge on any atom is -0.329 e. The maximum Gasteiger partial charge on any atom is 0.0642 e. The maximum absolute atomic E-state index is 5.90. The van der Waals surface area contributed by atoms with Crippen LogP contribution in [0.3, 0.4) is 0 Å². The molecule has 54 valence electrons. The molecule has 2 N–H and O–H groups in total. The highest BCUT2D eigenvalue weighted by atomic mass is 35.5. The average molecular weight is 168 g/mol. The number of alkyl halides is 1. The van der Waals surface area contributed by atoms with E-state index >= 15 is 0 Å². The lowest BCUT2D eigenvalue weighted by molar-refractivity contribution is 0.472. The largest absolute Gasteiger partial charge is 0.329 e. The third kappa shape index (κ3) is 1.85. The Morgan fingerprint density at radius 2 is 2.11 bits per heavy atom. The van der Waals surface area contributed by atoms with Crippen LogP contribution in [0.4, 0.5) is 0 Å². The van der Waals surface area contributed by atoms with Crippen LogP contribution in [0.5, 0.6) is 0 Å². The van der Waals surface area contributed by atoms with Crippen LogP contribution in [0, 0.1) is 0 Å². The Kier molecular flexibility index (Phi) is 3.00. The smallest absolute Gasteiger partial charge is 0.0642 e. The molecule has 0 aliphatic heterocycles. The SMILES string of the molecule is C=C1CC(Cl)(CN)C1.Cl. The number of hydrogen-bond donors (Lipinski definition) is 1. The molecule has 1 aliphatic rings. The molecule has 1 aliphatic carbocycles. The third-order valence-corrected chi connectivity index (χ3v) is 1.92. The summed E-state index contributed by atoms with van der Waals surface area (Å²) in [5.74, 6) is 0. The molecule has 0 saturated heterocycles. The van der Waals surface area contributed by atoms with Crippen molar-refractivity contribution in [1.29, 1.82) is 0 Å². The number of halogens is 2. The predicted molar refractivity (Wildman–Crippen MR) is 43.3 cm³/mol. The molecule has 0 bridgehead atoms. The van der Waals surface area contributed by atoms with Crippen LogP contribution in [0.2, 0.25) is 0 Å². The Hall–Kier alpha value is 0.280. The lowest BCUT2D eigenvalue weighted by Crippen LogP contribution is -2.39. The van der Waals surface area contributed by atoms with Gasteiger partial charge in [0.2, 0.25) is 0 Å². The van der Waals surface area contributed by atoms with Crippen LogP contribution in [0.1, 0.15) is 12.8 Å². The van der Waals surface area contributed by atoms with Gasteiger partial charge in [0.25, 0.3) is 0 Å². The molecule has 0 amide bonds. The molecule has 0 unspecified atom stereocenters. The number of hydrogen-bond acceptors (Lipinski definition) is 1. The van der Waals surface area contributed by atoms with Gasteiger partial charge in [-0.1, -0.05) is 12.2 Å². The van der Waals surface area contributed by atoms with Crippen molar-refractivity contribution in [3.05, 3.63) is 12.2 Å². The van der Waals surface area contributed by atoms with Crippen molar-refractivity contribution in [1.82, 2.24) is 0 Å². The molecule has 1 fully saturated rings. The second-order valence-electron chi connectivity index (χ2n) is 2.46. The van der Waals surface area contributed by atoms with E-state index in [1.807, 2.05) is 0 Å². The van der Waals surface area contributed by atoms with Crippen molar-refractivity contribution < 1.29 is 0 Å². The third-order valence-electron chi connectivity index (χ3n) is 1.50. The highest BCUT2D eigenvalue weighted by Crippen LogP contribution is 2.40. The van der Waals surface area contributed by atoms with E-state index in [0.717, 1.165) is 12.8 Å². The molecule has 3 heteroatoms. The summed E-state index contributed by atoms with van der Waals surface area (Å²) < 4.78 is 0. The van der Waals surface area contributed by atoms with E-state index in [2.05, 4.69) is 6.58 Å². The van der Waals surface area contributed by atoms with Crippen molar-refractivity contribution in [2.75, 3.05) is 6.54 Å². The second kappa shape index (κ2) is 2.91. The number of nitrogens with two attached hydrogens (primary N) is 1. The first-order chi connectivity index (χ1) is 3.66. The summed E-state index contributed by atoms with van der Waals surface area (Å²) in [6.45, 7) is 4.34. The topological polar surface area (TPSA) is 26.0 Å². The van der Waals surface area contributed by atoms with Crippen molar-refractivity contribution in [2.24, 2.45) is 5.73 Å². The first-order valence-electron chi connectivity index (χ1n) is 2.72. The first-order valence-corrected chi connectivity index (χ1v) is 3.10. The van der Waals surface area contributed by atoms with E-state index in [1.165, 1.54) is 5.57 Å². The summed E-state index contributed by atoms with van der Waals surface area (Å²) in [7, 11) is 0. The molecule has 0 radical (unpaired) electrons. The summed E-state index contributed by atoms with van der Waals surface area (Å²) >= 11 is 5.90. The van der Waals surface area contributed by atoms with E-state index in [-0.39, 0.29) is 17.3 Å². The van der Waals surface area contributed by atoms with Gasteiger partial charge in [0.15, 0.2) is 0 Å². The van der Waals surface area contributed by atoms with Gasteiger partial charge < -0.3 is 5.73 Å². The van der Waals surface area contributed by atoms with Crippen LogP contribution in [0.25, 0.3) is 0 Å². The van der Waals surface area contributed by atoms with Crippen LogP contribution in [-0.2, 0) is 0 Å². The van der Waals surface area contributed by atoms with E-state index in [9.17, 15) is 0 Å². The molecule has 1 saturated carbocycles. The summed E-state index contributed by atoms with van der Waals surface area (Å²) in [5.41, 5.74) is 6.58. The van der Waals surface area contributed by atoms with Gasteiger partial charge in [-0.05, 0) is 12.8 Å². The normalized spacial score (nSPS) is 22.2. The Morgan fingerprint density at radius 1 is 1.67 bits per heavy atom. The second-order valence-corrected chi connectivity index (χ2v) is 3.26. The number of rotatable bonds is 1. The monoisotopic (exact) mass is 167 g/mol. The Morgan fingerprint density at radius 3 is 2.22 bits per heavy atom. The molecule has 0 aromatic carbocycles. The fraction of sp³-hybridized carbons (Fsp3) is 0.667. The van der Waals surface area contributed by atoms with Gasteiger partial charge in [-0.2, -0.15) is 0 Å². The van der Waals surface area contributed by atoms with Gasteiger partial charge in [-0.15, -0.1) is 24.0 Å². The molecule has 1 rings (SSSR count). The molecule has 0 heterocycles. The Labute approximate surface area is 66.7 Å². The zero-order chi connectivity index (χ0) is 6.20. The molecule has 0 aromatic heterocycles. The fourth-order valence-electron chi connectivity index (χ4n) is 0.989. The van der Waals surface area contributed by atoms with E-state index in [0.29, 0.717) is 6.54 Å². The van der Waals surface area contributed by atoms with E-state index in [4.69, 9.17) is 17.3 Å². The quantitative estimate of drug-likeness (QED) is 0.468. The summed E-state index contributed by atoms with van der Waals surface area (Å²) in [6.07, 6.45) is 1.82. The Bertz CT molecular complexity index is 114. The first kappa shape index (κ1) is 9.28. The van der Waals surface area contributed by atoms with Crippen LogP contribution in [-0.4, -0.2) is 11.4 Å². The average Bonchev–Trinajstić information content (AvgIpc) is 1.63. The molecule has 0 atom stereocenters. The van der Waals surface area contributed by atoms with Gasteiger partial charge >= 0.3 is 0 Å². The zero-order valence-electron chi connectivity index (χ0n) is 5.19. The van der Waals surface area contributed by atoms with Gasteiger partial charge in [0.1, 0.15) is 0 Å². The molecule has 1 nitrogen and oxygen atoms in total. The van der Waals surface area contributed by atoms with Crippen LogP contribution in [0.15, 0.2) is 12.2 Å². The molecular formula is C6H11Cl2N. The highest BCUT2D eigenvalue weighted by Gasteiger charge is 2.35. The van der Waals surface area contributed by atoms with Gasteiger partial charge in [0, 0.05) is 6.54 Å². The lowest BCUT2D eigenvalue weighted by Gasteiger charge is -2.36. The predicted octanol–water partition coefficient (Wildman–Crippen LogP) is 1.69. The molecule has 9 heavy (non-hydrogen) atoms. The van der Waals surface area contributed by atoms with Crippen molar-refractivity contribution in [3.8, 4) is 0 Å². The minimum atomic E-state index is -0.114. The molecular weight excluding hydrogens is 157 g/mol. The van der Waals surface area contributed by atoms with Gasteiger partial charge in [0.05, 0.1) is 4.87 Å². The van der Waals surface area contributed by atoms with E-state index < -0.39 is 0 Å². The number of allylic oxidation sites excluding steroid dienone is 1. The maximum atomic E-state index is 5.90. The molecule has 0 aromatic rings. The fourth-order valence-corrected chi connectivity index (χ4v) is 1.37. The van der Waals surface area contributed by atoms with E-state index in [1.54, 1.807) is 0 Å². The molecule has 0 spiro atoms. The van der Waals surface area contributed by atoms with Crippen LogP contribution < -0.4 is 5.73 Å². The van der Waals surface area contributed by atoms with Crippen molar-refractivity contribution >= 4 is 24.0 Å². The lowest BCUT2D eigenvalue weighted by atomic mass is 9.80. The minimum absolute atomic E-state index is 0. The van der Waals surface area contributed by atoms with Crippen molar-refractivity contribution in [2.45, 2.75) is 17.7 Å². The standard InChI is InChI=1S/C6H10ClN.ClH/c1-5-2-6(7,3-5)4-8;/h1-4,8H2;1H. The highest BCUT2D eigenvalue weighted by molar-refractivity contribution is 6.25. The van der Waals surface area contributed by atoms with Gasteiger partial charge in [-0.3, -0.25) is 0 Å². The summed E-state index contributed by atoms with van der Waals surface area (Å²) in [5, 5.41) is 0. The van der Waals surface area contributed by atoms with Gasteiger partial charge in [-0.25, -0.2) is 0 Å². The summed E-state index contributed by atoms with van der Waals surface area (Å²) in [4.78, 5) is -0.114. The summed E-state index contributed by atoms with van der Waals surface area (Å²) in [6, 6.07) is 0. The van der Waals surface area contributed by atoms with Crippen LogP contribution >= 0.6 is 24.0 Å². The van der Waals surface area contributed by atoms with Crippen molar-refractivity contribution in [3.63, 3.8) is 0 Å². The Balaban J connectivity index is 0.000000640. The zero-order valence-corrected chi connectivity index (χ0v) is 6.76.